The number of hydrogen-bond acceptors (Lipinski definition) is 5. The fraction of sp³-hybridized carbons (Fsp3) is 0.227. The van der Waals surface area contributed by atoms with Gasteiger partial charge in [-0.05, 0) is 71.7 Å². The first-order chi connectivity index (χ1) is 14.7. The molecule has 1 heterocycles. The molecule has 1 aliphatic rings. The fourth-order valence-corrected chi connectivity index (χ4v) is 4.98. The molecule has 3 rings (SSSR count). The van der Waals surface area contributed by atoms with Gasteiger partial charge in [0.1, 0.15) is 5.76 Å². The van der Waals surface area contributed by atoms with Crippen molar-refractivity contribution in [2.45, 2.75) is 24.5 Å². The summed E-state index contributed by atoms with van der Waals surface area (Å²) in [5, 5.41) is 31.1. The molecule has 162 valence electrons. The highest BCUT2D eigenvalue weighted by Crippen LogP contribution is 2.41. The van der Waals surface area contributed by atoms with E-state index in [2.05, 4.69) is 27.9 Å². The first-order valence-corrected chi connectivity index (χ1v) is 11.4. The summed E-state index contributed by atoms with van der Waals surface area (Å²) >= 11 is 3.51. The Balaban J connectivity index is 1.67. The number of carbonyl (C=O) groups excluding carboxylic acids is 1. The summed E-state index contributed by atoms with van der Waals surface area (Å²) in [4.78, 5) is 35.7. The average molecular weight is 553 g/mol. The molecule has 0 radical (unpaired) electrons. The molecule has 1 amide bonds. The molecule has 0 bridgehead atoms. The third-order valence-electron chi connectivity index (χ3n) is 4.80. The van der Waals surface area contributed by atoms with E-state index in [9.17, 15) is 19.5 Å². The topological polar surface area (TPSA) is 124 Å². The van der Waals surface area contributed by atoms with E-state index in [1.807, 2.05) is 24.3 Å². The van der Waals surface area contributed by atoms with Gasteiger partial charge in [0, 0.05) is 19.7 Å². The van der Waals surface area contributed by atoms with Gasteiger partial charge in [0.15, 0.2) is 5.92 Å². The van der Waals surface area contributed by atoms with E-state index in [0.717, 1.165) is 14.0 Å². The lowest BCUT2D eigenvalue weighted by Gasteiger charge is -2.12. The number of aliphatic hydroxyl groups is 1. The summed E-state index contributed by atoms with van der Waals surface area (Å²) in [6.45, 7) is 0. The Morgan fingerprint density at radius 3 is 2.45 bits per heavy atom. The molecule has 2 aromatic carbocycles. The van der Waals surface area contributed by atoms with E-state index in [4.69, 9.17) is 10.2 Å². The first kappa shape index (κ1) is 23.1. The monoisotopic (exact) mass is 553 g/mol. The van der Waals surface area contributed by atoms with Gasteiger partial charge in [0.2, 0.25) is 5.91 Å². The number of carbonyl (C=O) groups is 3. The second-order valence-electron chi connectivity index (χ2n) is 7.05. The highest BCUT2D eigenvalue weighted by Gasteiger charge is 2.30. The third kappa shape index (κ3) is 6.01. The molecule has 2 aromatic rings. The van der Waals surface area contributed by atoms with Gasteiger partial charge in [-0.25, -0.2) is 0 Å². The van der Waals surface area contributed by atoms with Gasteiger partial charge in [-0.3, -0.25) is 14.4 Å². The Kier molecular flexibility index (Phi) is 7.60. The van der Waals surface area contributed by atoms with Gasteiger partial charge in [0.25, 0.3) is 0 Å². The second-order valence-corrected chi connectivity index (χ2v) is 9.59. The molecule has 9 heteroatoms. The van der Waals surface area contributed by atoms with Gasteiger partial charge >= 0.3 is 11.9 Å². The van der Waals surface area contributed by atoms with Gasteiger partial charge in [0.05, 0.1) is 5.25 Å². The minimum Gasteiger partial charge on any atom is -0.506 e. The number of amides is 1. The maximum atomic E-state index is 12.7. The second kappa shape index (κ2) is 10.2. The lowest BCUT2D eigenvalue weighted by atomic mass is 9.99. The number of halogens is 1. The van der Waals surface area contributed by atoms with Crippen molar-refractivity contribution in [1.82, 2.24) is 0 Å². The molecular formula is C22H20INO6S. The molecule has 4 N–H and O–H groups in total. The largest absolute Gasteiger partial charge is 0.506 e. The number of nitrogens with one attached hydrogen (secondary N) is 1. The van der Waals surface area contributed by atoms with Gasteiger partial charge in [-0.15, -0.1) is 11.8 Å². The summed E-state index contributed by atoms with van der Waals surface area (Å²) in [5.41, 5.74) is 1.69. The molecule has 0 aromatic heterocycles. The maximum absolute atomic E-state index is 12.7. The van der Waals surface area contributed by atoms with Crippen molar-refractivity contribution in [1.29, 1.82) is 0 Å². The molecular weight excluding hydrogens is 533 g/mol. The molecule has 1 fully saturated rings. The zero-order valence-corrected chi connectivity index (χ0v) is 19.2. The molecule has 1 aliphatic heterocycles. The number of hydrogen-bond donors (Lipinski definition) is 4. The molecule has 31 heavy (non-hydrogen) atoms. The SMILES string of the molecule is O=C(O)C(Cc1cccc(NC(=O)[C@@H]2CC/C(=C(/O)c3cccc(I)c3)S2)c1)C(=O)O. The number of benzene rings is 2. The van der Waals surface area contributed by atoms with Crippen LogP contribution in [-0.2, 0) is 20.8 Å². The standard InChI is InChI=1S/C22H20INO6S/c23-14-5-2-4-13(11-14)19(25)17-7-8-18(31-17)20(26)24-15-6-1-3-12(9-15)10-16(21(27)28)22(29)30/h1-6,9,11,16,18,25H,7-8,10H2,(H,24,26)(H,27,28)(H,29,30)/b19-17-/t18-/m0/s1. The Hall–Kier alpha value is -2.53. The van der Waals surface area contributed by atoms with E-state index < -0.39 is 17.9 Å². The third-order valence-corrected chi connectivity index (χ3v) is 6.89. The minimum atomic E-state index is -1.55. The molecule has 0 saturated carbocycles. The lowest BCUT2D eigenvalue weighted by molar-refractivity contribution is -0.154. The summed E-state index contributed by atoms with van der Waals surface area (Å²) in [6.07, 6.45) is 1.00. The van der Waals surface area contributed by atoms with Crippen molar-refractivity contribution in [2.75, 3.05) is 5.32 Å². The van der Waals surface area contributed by atoms with Crippen LogP contribution in [-0.4, -0.2) is 38.4 Å². The number of anilines is 1. The zero-order chi connectivity index (χ0) is 22.5. The van der Waals surface area contributed by atoms with E-state index in [1.54, 1.807) is 24.3 Å². The van der Waals surface area contributed by atoms with Crippen LogP contribution in [0.5, 0.6) is 0 Å². The number of allylic oxidation sites excluding steroid dienone is 1. The normalized spacial score (nSPS) is 17.4. The zero-order valence-electron chi connectivity index (χ0n) is 16.2. The van der Waals surface area contributed by atoms with E-state index in [-0.39, 0.29) is 23.3 Å². The quantitative estimate of drug-likeness (QED) is 0.228. The van der Waals surface area contributed by atoms with Gasteiger partial charge < -0.3 is 20.6 Å². The Morgan fingerprint density at radius 2 is 1.77 bits per heavy atom. The Morgan fingerprint density at radius 1 is 1.06 bits per heavy atom. The predicted molar refractivity (Wildman–Crippen MR) is 127 cm³/mol. The number of aliphatic carboxylic acids is 2. The van der Waals surface area contributed by atoms with Crippen LogP contribution in [0.1, 0.15) is 24.0 Å². The lowest BCUT2D eigenvalue weighted by Crippen LogP contribution is -2.25. The highest BCUT2D eigenvalue weighted by atomic mass is 127. The van der Waals surface area contributed by atoms with Crippen LogP contribution in [0.3, 0.4) is 0 Å². The molecule has 1 saturated heterocycles. The number of carboxylic acids is 2. The molecule has 7 nitrogen and oxygen atoms in total. The van der Waals surface area contributed by atoms with Crippen molar-refractivity contribution >= 4 is 63.6 Å². The molecule has 1 atom stereocenters. The van der Waals surface area contributed by atoms with Crippen LogP contribution < -0.4 is 5.32 Å². The summed E-state index contributed by atoms with van der Waals surface area (Å²) in [7, 11) is 0. The fourth-order valence-electron chi connectivity index (χ4n) is 3.22. The van der Waals surface area contributed by atoms with Crippen molar-refractivity contribution in [3.63, 3.8) is 0 Å². The van der Waals surface area contributed by atoms with Crippen molar-refractivity contribution in [2.24, 2.45) is 5.92 Å². The van der Waals surface area contributed by atoms with Crippen molar-refractivity contribution in [3.05, 3.63) is 68.1 Å². The first-order valence-electron chi connectivity index (χ1n) is 9.44. The average Bonchev–Trinajstić information content (AvgIpc) is 3.22. The van der Waals surface area contributed by atoms with Crippen molar-refractivity contribution < 1.29 is 29.7 Å². The van der Waals surface area contributed by atoms with Crippen LogP contribution in [0.4, 0.5) is 5.69 Å². The smallest absolute Gasteiger partial charge is 0.318 e. The van der Waals surface area contributed by atoms with Crippen LogP contribution in [0.2, 0.25) is 0 Å². The van der Waals surface area contributed by atoms with E-state index >= 15 is 0 Å². The molecule has 0 unspecified atom stereocenters. The Labute approximate surface area is 196 Å². The minimum absolute atomic E-state index is 0.177. The number of carboxylic acid groups (broad SMARTS) is 2. The number of aliphatic hydroxyl groups excluding tert-OH is 1. The van der Waals surface area contributed by atoms with Crippen LogP contribution >= 0.6 is 34.4 Å². The van der Waals surface area contributed by atoms with E-state index in [1.165, 1.54) is 11.8 Å². The molecule has 0 aliphatic carbocycles. The predicted octanol–water partition coefficient (Wildman–Crippen LogP) is 4.38. The maximum Gasteiger partial charge on any atom is 0.318 e. The Bertz CT molecular complexity index is 1040. The highest BCUT2D eigenvalue weighted by molar-refractivity contribution is 14.1. The van der Waals surface area contributed by atoms with Crippen LogP contribution in [0.15, 0.2) is 53.4 Å². The molecule has 0 spiro atoms. The van der Waals surface area contributed by atoms with Crippen LogP contribution in [0, 0.1) is 9.49 Å². The number of rotatable bonds is 7. The van der Waals surface area contributed by atoms with E-state index in [0.29, 0.717) is 24.1 Å². The van der Waals surface area contributed by atoms with Gasteiger partial charge in [-0.1, -0.05) is 24.3 Å². The number of thioether (sulfide) groups is 1. The van der Waals surface area contributed by atoms with Gasteiger partial charge in [-0.2, -0.15) is 0 Å². The summed E-state index contributed by atoms with van der Waals surface area (Å²) < 4.78 is 1.01. The summed E-state index contributed by atoms with van der Waals surface area (Å²) in [5.74, 6) is -4.39. The van der Waals surface area contributed by atoms with Crippen LogP contribution in [0.25, 0.3) is 5.76 Å². The summed E-state index contributed by atoms with van der Waals surface area (Å²) in [6, 6.07) is 14.0. The van der Waals surface area contributed by atoms with Crippen molar-refractivity contribution in [3.8, 4) is 0 Å².